The first-order valence-electron chi connectivity index (χ1n) is 7.90. The van der Waals surface area contributed by atoms with Crippen molar-refractivity contribution in [2.45, 2.75) is 33.2 Å². The van der Waals surface area contributed by atoms with Gasteiger partial charge in [-0.25, -0.2) is 0 Å². The second-order valence-corrected chi connectivity index (χ2v) is 5.70. The Bertz CT molecular complexity index is 406. The predicted molar refractivity (Wildman–Crippen MR) is 81.5 cm³/mol. The summed E-state index contributed by atoms with van der Waals surface area (Å²) >= 11 is 0. The van der Waals surface area contributed by atoms with Gasteiger partial charge in [-0.3, -0.25) is 4.79 Å². The van der Waals surface area contributed by atoms with Gasteiger partial charge in [0.15, 0.2) is 0 Å². The molecule has 1 aromatic carbocycles. The highest BCUT2D eigenvalue weighted by molar-refractivity contribution is 5.78. The standard InChI is InChI=1S/C17H26N2O/c1-3-19(4-2)17(20)16-10-12-18(13-11-16)14-15-8-6-5-7-9-15/h5-9,16H,3-4,10-14H2,1-2H3/p+1. The van der Waals surface area contributed by atoms with Gasteiger partial charge in [0.1, 0.15) is 6.54 Å². The number of amides is 1. The van der Waals surface area contributed by atoms with Crippen molar-refractivity contribution in [2.24, 2.45) is 5.92 Å². The maximum absolute atomic E-state index is 12.3. The highest BCUT2D eigenvalue weighted by atomic mass is 16.2. The molecule has 1 aromatic rings. The highest BCUT2D eigenvalue weighted by Crippen LogP contribution is 2.13. The van der Waals surface area contributed by atoms with E-state index in [0.717, 1.165) is 45.6 Å². The molecule has 1 saturated heterocycles. The van der Waals surface area contributed by atoms with Crippen LogP contribution in [-0.2, 0) is 11.3 Å². The van der Waals surface area contributed by atoms with E-state index < -0.39 is 0 Å². The maximum Gasteiger partial charge on any atom is 0.226 e. The van der Waals surface area contributed by atoms with Crippen LogP contribution in [0.3, 0.4) is 0 Å². The number of rotatable bonds is 5. The summed E-state index contributed by atoms with van der Waals surface area (Å²) in [5.74, 6) is 0.628. The van der Waals surface area contributed by atoms with Crippen LogP contribution >= 0.6 is 0 Å². The van der Waals surface area contributed by atoms with Crippen LogP contribution in [0.5, 0.6) is 0 Å². The van der Waals surface area contributed by atoms with Crippen LogP contribution in [0.2, 0.25) is 0 Å². The van der Waals surface area contributed by atoms with Gasteiger partial charge in [0.2, 0.25) is 5.91 Å². The van der Waals surface area contributed by atoms with E-state index in [2.05, 4.69) is 44.2 Å². The molecule has 0 unspecified atom stereocenters. The van der Waals surface area contributed by atoms with E-state index in [9.17, 15) is 4.79 Å². The van der Waals surface area contributed by atoms with Crippen molar-refractivity contribution >= 4 is 5.91 Å². The fourth-order valence-electron chi connectivity index (χ4n) is 3.13. The van der Waals surface area contributed by atoms with Crippen LogP contribution in [0.4, 0.5) is 0 Å². The van der Waals surface area contributed by atoms with Crippen molar-refractivity contribution in [1.82, 2.24) is 4.90 Å². The van der Waals surface area contributed by atoms with E-state index >= 15 is 0 Å². The number of benzene rings is 1. The lowest BCUT2D eigenvalue weighted by molar-refractivity contribution is -0.919. The summed E-state index contributed by atoms with van der Waals surface area (Å²) in [5, 5.41) is 0. The van der Waals surface area contributed by atoms with Gasteiger partial charge in [-0.1, -0.05) is 30.3 Å². The van der Waals surface area contributed by atoms with E-state index in [-0.39, 0.29) is 5.92 Å². The Morgan fingerprint density at radius 3 is 2.30 bits per heavy atom. The predicted octanol–water partition coefficient (Wildman–Crippen LogP) is 1.35. The van der Waals surface area contributed by atoms with E-state index in [1.807, 2.05) is 4.90 Å². The fourth-order valence-corrected chi connectivity index (χ4v) is 3.13. The van der Waals surface area contributed by atoms with Crippen molar-refractivity contribution in [3.05, 3.63) is 35.9 Å². The van der Waals surface area contributed by atoms with E-state index in [0.29, 0.717) is 5.91 Å². The summed E-state index contributed by atoms with van der Waals surface area (Å²) in [6.45, 7) is 9.14. The van der Waals surface area contributed by atoms with Crippen molar-refractivity contribution in [3.8, 4) is 0 Å². The second-order valence-electron chi connectivity index (χ2n) is 5.70. The lowest BCUT2D eigenvalue weighted by atomic mass is 9.95. The topological polar surface area (TPSA) is 24.8 Å². The molecule has 0 aliphatic carbocycles. The van der Waals surface area contributed by atoms with Crippen LogP contribution in [-0.4, -0.2) is 37.0 Å². The van der Waals surface area contributed by atoms with Gasteiger partial charge in [-0.2, -0.15) is 0 Å². The van der Waals surface area contributed by atoms with E-state index in [1.54, 1.807) is 4.90 Å². The zero-order chi connectivity index (χ0) is 14.4. The molecule has 0 aromatic heterocycles. The average Bonchev–Trinajstić information content (AvgIpc) is 2.50. The number of nitrogens with zero attached hydrogens (tertiary/aromatic N) is 1. The van der Waals surface area contributed by atoms with Crippen LogP contribution in [0.1, 0.15) is 32.3 Å². The monoisotopic (exact) mass is 275 g/mol. The third-order valence-corrected chi connectivity index (χ3v) is 4.41. The Hall–Kier alpha value is -1.35. The minimum Gasteiger partial charge on any atom is -0.343 e. The Labute approximate surface area is 122 Å². The lowest BCUT2D eigenvalue weighted by Gasteiger charge is -2.31. The van der Waals surface area contributed by atoms with Crippen molar-refractivity contribution in [1.29, 1.82) is 0 Å². The van der Waals surface area contributed by atoms with Crippen LogP contribution < -0.4 is 4.90 Å². The zero-order valence-electron chi connectivity index (χ0n) is 12.8. The van der Waals surface area contributed by atoms with Crippen molar-refractivity contribution in [2.75, 3.05) is 26.2 Å². The molecule has 2 rings (SSSR count). The number of carbonyl (C=O) groups excluding carboxylic acids is 1. The Kier molecular flexibility index (Phi) is 5.60. The van der Waals surface area contributed by atoms with E-state index in [4.69, 9.17) is 0 Å². The largest absolute Gasteiger partial charge is 0.343 e. The molecule has 20 heavy (non-hydrogen) atoms. The van der Waals surface area contributed by atoms with E-state index in [1.165, 1.54) is 5.56 Å². The number of quaternary nitrogens is 1. The third kappa shape index (κ3) is 3.83. The molecule has 0 spiro atoms. The summed E-state index contributed by atoms with van der Waals surface area (Å²) < 4.78 is 0. The smallest absolute Gasteiger partial charge is 0.226 e. The van der Waals surface area contributed by atoms with Crippen LogP contribution in [0.25, 0.3) is 0 Å². The van der Waals surface area contributed by atoms with Gasteiger partial charge in [-0.15, -0.1) is 0 Å². The molecule has 0 atom stereocenters. The van der Waals surface area contributed by atoms with Gasteiger partial charge in [-0.05, 0) is 13.8 Å². The van der Waals surface area contributed by atoms with Gasteiger partial charge < -0.3 is 9.80 Å². The molecule has 3 nitrogen and oxygen atoms in total. The number of hydrogen-bond donors (Lipinski definition) is 1. The molecule has 1 aliphatic rings. The number of likely N-dealkylation sites (tertiary alicyclic amines) is 1. The SMILES string of the molecule is CCN(CC)C(=O)C1CC[NH+](Cc2ccccc2)CC1. The van der Waals surface area contributed by atoms with Gasteiger partial charge in [0.25, 0.3) is 0 Å². The molecule has 110 valence electrons. The van der Waals surface area contributed by atoms with Gasteiger partial charge in [0, 0.05) is 37.4 Å². The first-order chi connectivity index (χ1) is 9.74. The molecule has 1 amide bonds. The summed E-state index contributed by atoms with van der Waals surface area (Å²) in [7, 11) is 0. The molecule has 0 bridgehead atoms. The fraction of sp³-hybridized carbons (Fsp3) is 0.588. The summed E-state index contributed by atoms with van der Waals surface area (Å²) in [4.78, 5) is 15.9. The molecule has 1 fully saturated rings. The number of hydrogen-bond acceptors (Lipinski definition) is 1. The van der Waals surface area contributed by atoms with Gasteiger partial charge >= 0.3 is 0 Å². The average molecular weight is 275 g/mol. The Morgan fingerprint density at radius 1 is 1.15 bits per heavy atom. The second kappa shape index (κ2) is 7.44. The molecular formula is C17H27N2O+. The first kappa shape index (κ1) is 15.0. The van der Waals surface area contributed by atoms with Gasteiger partial charge in [0.05, 0.1) is 13.1 Å². The molecule has 1 heterocycles. The molecule has 0 saturated carbocycles. The maximum atomic E-state index is 12.3. The summed E-state index contributed by atoms with van der Waals surface area (Å²) in [6.07, 6.45) is 2.08. The Morgan fingerprint density at radius 2 is 1.75 bits per heavy atom. The quantitative estimate of drug-likeness (QED) is 0.862. The number of nitrogens with one attached hydrogen (secondary N) is 1. The van der Waals surface area contributed by atoms with Crippen LogP contribution in [0.15, 0.2) is 30.3 Å². The highest BCUT2D eigenvalue weighted by Gasteiger charge is 2.29. The van der Waals surface area contributed by atoms with Crippen molar-refractivity contribution in [3.63, 3.8) is 0 Å². The minimum atomic E-state index is 0.259. The first-order valence-corrected chi connectivity index (χ1v) is 7.90. The molecule has 0 radical (unpaired) electrons. The molecule has 1 N–H and O–H groups in total. The third-order valence-electron chi connectivity index (χ3n) is 4.41. The molecular weight excluding hydrogens is 248 g/mol. The minimum absolute atomic E-state index is 0.259. The normalized spacial score (nSPS) is 22.5. The number of piperidine rings is 1. The van der Waals surface area contributed by atoms with Crippen LogP contribution in [0, 0.1) is 5.92 Å². The summed E-state index contributed by atoms with van der Waals surface area (Å²) in [5.41, 5.74) is 1.40. The molecule has 1 aliphatic heterocycles. The zero-order valence-corrected chi connectivity index (χ0v) is 12.8. The molecule has 3 heteroatoms. The van der Waals surface area contributed by atoms with Crippen molar-refractivity contribution < 1.29 is 9.69 Å². The summed E-state index contributed by atoms with van der Waals surface area (Å²) in [6, 6.07) is 10.7. The lowest BCUT2D eigenvalue weighted by Crippen LogP contribution is -3.11. The Balaban J connectivity index is 1.82. The number of carbonyl (C=O) groups is 1.